The van der Waals surface area contributed by atoms with Gasteiger partial charge in [0.2, 0.25) is 0 Å². The summed E-state index contributed by atoms with van der Waals surface area (Å²) in [6.45, 7) is 4.74. The zero-order chi connectivity index (χ0) is 38.8. The van der Waals surface area contributed by atoms with Gasteiger partial charge >= 0.3 is 0 Å². The van der Waals surface area contributed by atoms with Crippen LogP contribution < -0.4 is 0 Å². The second-order valence-electron chi connectivity index (χ2n) is 16.1. The van der Waals surface area contributed by atoms with Crippen molar-refractivity contribution in [2.24, 2.45) is 0 Å². The summed E-state index contributed by atoms with van der Waals surface area (Å²) in [5.41, 5.74) is 19.5. The minimum Gasteiger partial charge on any atom is -0.228 e. The van der Waals surface area contributed by atoms with Crippen LogP contribution >= 0.6 is 0 Å². The van der Waals surface area contributed by atoms with E-state index in [9.17, 15) is 0 Å². The van der Waals surface area contributed by atoms with Crippen molar-refractivity contribution in [3.05, 3.63) is 240 Å². The maximum absolute atomic E-state index is 5.38. The lowest BCUT2D eigenvalue weighted by Crippen LogP contribution is -2.40. The highest BCUT2D eigenvalue weighted by Gasteiger charge is 2.53. The number of benzene rings is 8. The van der Waals surface area contributed by atoms with Gasteiger partial charge in [0.05, 0.1) is 16.8 Å². The fourth-order valence-corrected chi connectivity index (χ4v) is 9.85. The molecule has 9 aromatic rings. The highest BCUT2D eigenvalue weighted by Crippen LogP contribution is 2.62. The Hall–Kier alpha value is -7.16. The lowest BCUT2D eigenvalue weighted by atomic mass is 9.55. The lowest BCUT2D eigenvalue weighted by Gasteiger charge is -2.46. The van der Waals surface area contributed by atoms with Crippen molar-refractivity contribution in [2.75, 3.05) is 0 Å². The van der Waals surface area contributed by atoms with E-state index in [0.29, 0.717) is 5.82 Å². The Kier molecular flexibility index (Phi) is 7.78. The zero-order valence-corrected chi connectivity index (χ0v) is 32.5. The number of rotatable bonds is 5. The second kappa shape index (κ2) is 13.2. The second-order valence-corrected chi connectivity index (χ2v) is 16.1. The van der Waals surface area contributed by atoms with Crippen LogP contribution in [-0.4, -0.2) is 9.97 Å². The summed E-state index contributed by atoms with van der Waals surface area (Å²) >= 11 is 0. The standard InChI is InChI=1S/C56H40N2/c1-55(2)48-27-11-13-29-50(48)56(51-30-14-12-28-49(51)55)46-26-10-9-25-44(46)45-35-43(31-32-47(45)56)54-57-52(41-23-15-21-39(33-41)37-17-5-3-6-18-37)36-53(58-54)42-24-16-22-40(34-42)38-19-7-4-8-20-38/h3-36H,1-2H3. The minimum absolute atomic E-state index is 0.142. The van der Waals surface area contributed by atoms with E-state index in [0.717, 1.165) is 39.2 Å². The Morgan fingerprint density at radius 3 is 1.28 bits per heavy atom. The van der Waals surface area contributed by atoms with E-state index in [2.05, 4.69) is 220 Å². The summed E-state index contributed by atoms with van der Waals surface area (Å²) < 4.78 is 0. The molecule has 1 spiro atoms. The fourth-order valence-electron chi connectivity index (χ4n) is 9.85. The maximum Gasteiger partial charge on any atom is 0.160 e. The molecular formula is C56H40N2. The summed E-state index contributed by atoms with van der Waals surface area (Å²) in [7, 11) is 0. The predicted molar refractivity (Wildman–Crippen MR) is 239 cm³/mol. The average Bonchev–Trinajstić information content (AvgIpc) is 3.59. The Morgan fingerprint density at radius 1 is 0.293 bits per heavy atom. The molecule has 0 bridgehead atoms. The minimum atomic E-state index is -0.448. The number of nitrogens with zero attached hydrogens (tertiary/aromatic N) is 2. The van der Waals surface area contributed by atoms with Crippen LogP contribution in [0.1, 0.15) is 47.2 Å². The first-order chi connectivity index (χ1) is 28.5. The van der Waals surface area contributed by atoms with Crippen molar-refractivity contribution in [1.29, 1.82) is 0 Å². The van der Waals surface area contributed by atoms with Gasteiger partial charge in [0.1, 0.15) is 0 Å². The molecule has 0 aliphatic heterocycles. The van der Waals surface area contributed by atoms with Gasteiger partial charge in [-0.25, -0.2) is 9.97 Å². The highest BCUT2D eigenvalue weighted by atomic mass is 14.9. The molecule has 0 saturated carbocycles. The number of aromatic nitrogens is 2. The van der Waals surface area contributed by atoms with Gasteiger partial charge in [-0.05, 0) is 91.0 Å². The van der Waals surface area contributed by atoms with Crippen molar-refractivity contribution in [3.8, 4) is 67.3 Å². The van der Waals surface area contributed by atoms with Crippen LogP contribution in [0.2, 0.25) is 0 Å². The Labute approximate surface area is 340 Å². The third kappa shape index (κ3) is 5.18. The Balaban J connectivity index is 1.13. The predicted octanol–water partition coefficient (Wildman–Crippen LogP) is 13.8. The summed E-state index contributed by atoms with van der Waals surface area (Å²) in [4.78, 5) is 10.8. The van der Waals surface area contributed by atoms with Crippen LogP contribution in [0.3, 0.4) is 0 Å². The molecule has 58 heavy (non-hydrogen) atoms. The highest BCUT2D eigenvalue weighted by molar-refractivity contribution is 5.90. The molecule has 1 heterocycles. The van der Waals surface area contributed by atoms with Crippen LogP contribution in [0, 0.1) is 0 Å². The van der Waals surface area contributed by atoms with E-state index in [1.165, 1.54) is 55.6 Å². The van der Waals surface area contributed by atoms with Gasteiger partial charge in [0.25, 0.3) is 0 Å². The molecule has 0 radical (unpaired) electrons. The van der Waals surface area contributed by atoms with Gasteiger partial charge in [0, 0.05) is 22.1 Å². The van der Waals surface area contributed by atoms with Crippen molar-refractivity contribution in [2.45, 2.75) is 24.7 Å². The summed E-state index contributed by atoms with van der Waals surface area (Å²) in [6.07, 6.45) is 0. The van der Waals surface area contributed by atoms with E-state index < -0.39 is 5.41 Å². The van der Waals surface area contributed by atoms with Gasteiger partial charge in [-0.1, -0.05) is 196 Å². The molecule has 0 saturated heterocycles. The molecule has 2 nitrogen and oxygen atoms in total. The molecular weight excluding hydrogens is 701 g/mol. The lowest BCUT2D eigenvalue weighted by molar-refractivity contribution is 0.563. The topological polar surface area (TPSA) is 25.8 Å². The van der Waals surface area contributed by atoms with Crippen LogP contribution in [0.5, 0.6) is 0 Å². The third-order valence-electron chi connectivity index (χ3n) is 12.6. The normalized spacial score (nSPS) is 14.0. The maximum atomic E-state index is 5.38. The molecule has 2 aliphatic carbocycles. The van der Waals surface area contributed by atoms with E-state index in [1.54, 1.807) is 0 Å². The molecule has 0 atom stereocenters. The molecule has 0 amide bonds. The van der Waals surface area contributed by atoms with Crippen molar-refractivity contribution < 1.29 is 0 Å². The van der Waals surface area contributed by atoms with Crippen LogP contribution in [0.25, 0.3) is 67.3 Å². The number of fused-ring (bicyclic) bond motifs is 9. The van der Waals surface area contributed by atoms with Gasteiger partial charge in [-0.15, -0.1) is 0 Å². The molecule has 274 valence electrons. The van der Waals surface area contributed by atoms with Crippen LogP contribution in [-0.2, 0) is 10.8 Å². The van der Waals surface area contributed by atoms with Crippen molar-refractivity contribution in [3.63, 3.8) is 0 Å². The molecule has 11 rings (SSSR count). The van der Waals surface area contributed by atoms with Crippen LogP contribution in [0.15, 0.2) is 206 Å². The monoisotopic (exact) mass is 740 g/mol. The molecule has 2 aliphatic rings. The van der Waals surface area contributed by atoms with E-state index in [1.807, 2.05) is 0 Å². The summed E-state index contributed by atoms with van der Waals surface area (Å²) in [6, 6.07) is 74.8. The SMILES string of the molecule is CC1(C)c2ccccc2C2(c3ccccc3-c3cc(-c4nc(-c5cccc(-c6ccccc6)c5)cc(-c5cccc(-c6ccccc6)c5)n4)ccc32)c2ccccc21. The summed E-state index contributed by atoms with van der Waals surface area (Å²) in [5.74, 6) is 0.703. The molecule has 0 N–H and O–H groups in total. The quantitative estimate of drug-likeness (QED) is 0.176. The summed E-state index contributed by atoms with van der Waals surface area (Å²) in [5, 5.41) is 0. The fraction of sp³-hybridized carbons (Fsp3) is 0.0714. The first kappa shape index (κ1) is 34.1. The van der Waals surface area contributed by atoms with Crippen molar-refractivity contribution >= 4 is 0 Å². The van der Waals surface area contributed by atoms with Gasteiger partial charge in [-0.3, -0.25) is 0 Å². The Morgan fingerprint density at radius 2 is 0.724 bits per heavy atom. The van der Waals surface area contributed by atoms with Gasteiger partial charge in [-0.2, -0.15) is 0 Å². The largest absolute Gasteiger partial charge is 0.228 e. The third-order valence-corrected chi connectivity index (χ3v) is 12.6. The van der Waals surface area contributed by atoms with E-state index in [4.69, 9.17) is 9.97 Å². The van der Waals surface area contributed by atoms with E-state index >= 15 is 0 Å². The molecule has 2 heteroatoms. The molecule has 0 unspecified atom stereocenters. The average molecular weight is 741 g/mol. The van der Waals surface area contributed by atoms with Crippen molar-refractivity contribution in [1.82, 2.24) is 9.97 Å². The molecule has 0 fully saturated rings. The molecule has 1 aromatic heterocycles. The van der Waals surface area contributed by atoms with Crippen LogP contribution in [0.4, 0.5) is 0 Å². The van der Waals surface area contributed by atoms with E-state index in [-0.39, 0.29) is 5.41 Å². The molecule has 8 aromatic carbocycles. The number of hydrogen-bond acceptors (Lipinski definition) is 2. The first-order valence-corrected chi connectivity index (χ1v) is 20.2. The Bertz CT molecular complexity index is 2880. The smallest absolute Gasteiger partial charge is 0.160 e. The first-order valence-electron chi connectivity index (χ1n) is 20.2. The zero-order valence-electron chi connectivity index (χ0n) is 32.5. The number of hydrogen-bond donors (Lipinski definition) is 0. The van der Waals surface area contributed by atoms with Gasteiger partial charge < -0.3 is 0 Å². The van der Waals surface area contributed by atoms with Gasteiger partial charge in [0.15, 0.2) is 5.82 Å².